The summed E-state index contributed by atoms with van der Waals surface area (Å²) in [5, 5.41) is 14.3. The maximum atomic E-state index is 13.5. The van der Waals surface area contributed by atoms with E-state index in [0.29, 0.717) is 48.3 Å². The summed E-state index contributed by atoms with van der Waals surface area (Å²) >= 11 is 0. The Labute approximate surface area is 378 Å². The monoisotopic (exact) mass is 904 g/mol. The molecule has 0 saturated heterocycles. The van der Waals surface area contributed by atoms with Gasteiger partial charge in [0.2, 0.25) is 11.8 Å². The number of amides is 6. The van der Waals surface area contributed by atoms with E-state index in [-0.39, 0.29) is 56.7 Å². The standard InChI is InChI=1S/C45H64N10O10/c1-7-8-15-35-52-38-39(55(35)22-24-62-23-21-49-43(60)65-45(4,5)6)32-13-9-10-14-33(32)51-40(38)54-44(61)63-26-29-16-18-31(19-17-29)50-41(58)30(12-11-20-48-42(46)59)25-34(56)37(28(2)3)53-36(57)27-64-47/h9-10,13-14,16-19,28,30,37H,7-8,11-12,15,20-27,47H2,1-6H3,(H,49,60)(H,50,58)(H,53,57)(H3,46,48,59)(H,51,54,61)/t30-,37+/m0/s1. The zero-order valence-electron chi connectivity index (χ0n) is 38.1. The number of hydrogen-bond donors (Lipinski definition) is 7. The van der Waals surface area contributed by atoms with Gasteiger partial charge in [-0.15, -0.1) is 0 Å². The first-order chi connectivity index (χ1) is 31.0. The number of carbonyl (C=O) groups excluding carboxylic acids is 6. The summed E-state index contributed by atoms with van der Waals surface area (Å²) in [4.78, 5) is 89.7. The highest BCUT2D eigenvalue weighted by molar-refractivity contribution is 6.09. The van der Waals surface area contributed by atoms with Gasteiger partial charge in [0.25, 0.3) is 0 Å². The van der Waals surface area contributed by atoms with Crippen molar-refractivity contribution in [3.05, 3.63) is 59.9 Å². The first kappa shape index (κ1) is 51.3. The number of alkyl carbamates (subject to hydrolysis) is 1. The second kappa shape index (κ2) is 25.2. The average Bonchev–Trinajstić information content (AvgIpc) is 3.61. The summed E-state index contributed by atoms with van der Waals surface area (Å²) in [5.74, 6) is 3.64. The molecule has 0 radical (unpaired) electrons. The summed E-state index contributed by atoms with van der Waals surface area (Å²) in [6.45, 7) is 12.1. The van der Waals surface area contributed by atoms with Gasteiger partial charge in [0.1, 0.15) is 30.2 Å². The van der Waals surface area contributed by atoms with Crippen LogP contribution in [0.25, 0.3) is 21.9 Å². The molecule has 354 valence electrons. The van der Waals surface area contributed by atoms with Gasteiger partial charge in [-0.1, -0.05) is 57.5 Å². The van der Waals surface area contributed by atoms with Crippen molar-refractivity contribution in [2.75, 3.05) is 43.5 Å². The fourth-order valence-electron chi connectivity index (χ4n) is 6.91. The van der Waals surface area contributed by atoms with E-state index in [1.54, 1.807) is 58.9 Å². The summed E-state index contributed by atoms with van der Waals surface area (Å²) in [7, 11) is 0. The Bertz CT molecular complexity index is 2240. The minimum atomic E-state index is -0.879. The highest BCUT2D eigenvalue weighted by Gasteiger charge is 2.30. The fraction of sp³-hybridized carbons (Fsp3) is 0.511. The number of aryl methyl sites for hydroxylation is 1. The number of carbonyl (C=O) groups is 6. The van der Waals surface area contributed by atoms with E-state index in [0.717, 1.165) is 29.6 Å². The Hall–Kier alpha value is -6.38. The number of nitrogens with one attached hydrogen (secondary N) is 5. The Kier molecular flexibility index (Phi) is 19.9. The number of benzene rings is 2. The largest absolute Gasteiger partial charge is 0.444 e. The molecule has 0 saturated carbocycles. The third-order valence-electron chi connectivity index (χ3n) is 9.99. The molecule has 20 heteroatoms. The number of hydrogen-bond acceptors (Lipinski definition) is 13. The first-order valence-electron chi connectivity index (χ1n) is 21.8. The van der Waals surface area contributed by atoms with Crippen molar-refractivity contribution < 1.29 is 47.8 Å². The van der Waals surface area contributed by atoms with Crippen molar-refractivity contribution in [2.24, 2.45) is 23.5 Å². The molecule has 9 N–H and O–H groups in total. The van der Waals surface area contributed by atoms with Crippen molar-refractivity contribution in [3.63, 3.8) is 0 Å². The maximum Gasteiger partial charge on any atom is 0.413 e. The SMILES string of the molecule is CCCCc1nc2c(NC(=O)OCc3ccc(NC(=O)[C@@H](CCCNC(N)=O)CC(=O)[C@H](NC(=O)CON)C(C)C)cc3)nc3ccccc3c2n1CCOCCNC(=O)OC(C)(C)C. The van der Waals surface area contributed by atoms with Gasteiger partial charge in [0, 0.05) is 49.5 Å². The number of pyridine rings is 1. The smallest absolute Gasteiger partial charge is 0.413 e. The van der Waals surface area contributed by atoms with Gasteiger partial charge >= 0.3 is 18.2 Å². The predicted molar refractivity (Wildman–Crippen MR) is 244 cm³/mol. The molecule has 2 atom stereocenters. The van der Waals surface area contributed by atoms with Crippen LogP contribution in [0.4, 0.5) is 25.9 Å². The van der Waals surface area contributed by atoms with Crippen molar-refractivity contribution in [2.45, 2.75) is 105 Å². The molecule has 2 aromatic carbocycles. The Morgan fingerprint density at radius 1 is 0.877 bits per heavy atom. The number of imidazole rings is 1. The third-order valence-corrected chi connectivity index (χ3v) is 9.99. The van der Waals surface area contributed by atoms with Crippen LogP contribution in [0.3, 0.4) is 0 Å². The zero-order valence-corrected chi connectivity index (χ0v) is 38.1. The Morgan fingerprint density at radius 2 is 1.62 bits per heavy atom. The fourth-order valence-corrected chi connectivity index (χ4v) is 6.91. The molecular formula is C45H64N10O10. The molecule has 0 unspecified atom stereocenters. The van der Waals surface area contributed by atoms with Crippen molar-refractivity contribution in [3.8, 4) is 0 Å². The zero-order chi connectivity index (χ0) is 47.5. The number of primary amides is 1. The molecule has 0 bridgehead atoms. The molecule has 0 aliphatic heterocycles. The molecule has 65 heavy (non-hydrogen) atoms. The van der Waals surface area contributed by atoms with Crippen LogP contribution in [0.15, 0.2) is 48.5 Å². The molecule has 4 aromatic rings. The van der Waals surface area contributed by atoms with E-state index in [1.165, 1.54) is 0 Å². The summed E-state index contributed by atoms with van der Waals surface area (Å²) in [5.41, 5.74) is 7.60. The summed E-state index contributed by atoms with van der Waals surface area (Å²) < 4.78 is 18.9. The molecule has 20 nitrogen and oxygen atoms in total. The van der Waals surface area contributed by atoms with Crippen molar-refractivity contribution >= 4 is 69.3 Å². The number of rotatable bonds is 25. The van der Waals surface area contributed by atoms with Gasteiger partial charge in [-0.05, 0) is 69.7 Å². The number of nitrogens with zero attached hydrogens (tertiary/aromatic N) is 3. The number of aromatic nitrogens is 3. The van der Waals surface area contributed by atoms with E-state index in [9.17, 15) is 28.8 Å². The molecule has 4 rings (SSSR count). The second-order valence-electron chi connectivity index (χ2n) is 16.8. The lowest BCUT2D eigenvalue weighted by atomic mass is 9.89. The molecular weight excluding hydrogens is 841 g/mol. The Morgan fingerprint density at radius 3 is 2.29 bits per heavy atom. The number of para-hydroxylation sites is 1. The van der Waals surface area contributed by atoms with E-state index < -0.39 is 54.2 Å². The summed E-state index contributed by atoms with van der Waals surface area (Å²) in [6, 6.07) is 12.7. The van der Waals surface area contributed by atoms with Crippen LogP contribution in [-0.2, 0) is 53.0 Å². The molecule has 6 amide bonds. The lowest BCUT2D eigenvalue weighted by Gasteiger charge is -2.24. The van der Waals surface area contributed by atoms with Crippen LogP contribution in [0.5, 0.6) is 0 Å². The number of nitrogens with two attached hydrogens (primary N) is 2. The highest BCUT2D eigenvalue weighted by atomic mass is 16.6. The molecule has 2 aromatic heterocycles. The molecule has 2 heterocycles. The van der Waals surface area contributed by atoms with Gasteiger partial charge in [-0.25, -0.2) is 30.2 Å². The van der Waals surface area contributed by atoms with E-state index >= 15 is 0 Å². The van der Waals surface area contributed by atoms with Crippen LogP contribution < -0.4 is 38.2 Å². The molecule has 0 spiro atoms. The number of fused-ring (bicyclic) bond motifs is 3. The minimum Gasteiger partial charge on any atom is -0.444 e. The second-order valence-corrected chi connectivity index (χ2v) is 16.8. The number of ether oxygens (including phenoxy) is 3. The highest BCUT2D eigenvalue weighted by Crippen LogP contribution is 2.31. The topological polar surface area (TPSA) is 282 Å². The number of anilines is 2. The van der Waals surface area contributed by atoms with E-state index in [2.05, 4.69) is 42.9 Å². The lowest BCUT2D eigenvalue weighted by Crippen LogP contribution is -2.47. The van der Waals surface area contributed by atoms with Gasteiger partial charge < -0.3 is 45.8 Å². The Balaban J connectivity index is 1.42. The third kappa shape index (κ3) is 16.6. The number of urea groups is 1. The van der Waals surface area contributed by atoms with Crippen LogP contribution in [0.1, 0.15) is 85.0 Å². The quantitative estimate of drug-likeness (QED) is 0.0333. The van der Waals surface area contributed by atoms with Gasteiger partial charge in [0.15, 0.2) is 11.6 Å². The van der Waals surface area contributed by atoms with Crippen LogP contribution in [0, 0.1) is 11.8 Å². The molecule has 0 aliphatic carbocycles. The molecule has 0 aliphatic rings. The lowest BCUT2D eigenvalue weighted by molar-refractivity contribution is -0.133. The van der Waals surface area contributed by atoms with Crippen molar-refractivity contribution in [1.82, 2.24) is 30.5 Å². The minimum absolute atomic E-state index is 0.103. The normalized spacial score (nSPS) is 12.4. The van der Waals surface area contributed by atoms with Gasteiger partial charge in [-0.3, -0.25) is 24.5 Å². The van der Waals surface area contributed by atoms with Gasteiger partial charge in [-0.2, -0.15) is 0 Å². The maximum absolute atomic E-state index is 13.5. The number of ketones is 1. The van der Waals surface area contributed by atoms with E-state index in [4.69, 9.17) is 35.8 Å². The average molecular weight is 905 g/mol. The summed E-state index contributed by atoms with van der Waals surface area (Å²) in [6.07, 6.45) is 1.70. The first-order valence-corrected chi connectivity index (χ1v) is 21.8. The van der Waals surface area contributed by atoms with E-state index in [1.807, 2.05) is 24.3 Å². The van der Waals surface area contributed by atoms with Gasteiger partial charge in [0.05, 0.1) is 30.3 Å². The predicted octanol–water partition coefficient (Wildman–Crippen LogP) is 5.21. The van der Waals surface area contributed by atoms with Crippen LogP contribution >= 0.6 is 0 Å². The van der Waals surface area contributed by atoms with Crippen LogP contribution in [0.2, 0.25) is 0 Å². The molecule has 0 fully saturated rings. The van der Waals surface area contributed by atoms with Crippen molar-refractivity contribution in [1.29, 1.82) is 0 Å². The van der Waals surface area contributed by atoms with Crippen LogP contribution in [-0.4, -0.2) is 94.9 Å². The number of Topliss-reactive ketones (excluding diaryl/α,β-unsaturated/α-hetero) is 1. The number of unbranched alkanes of at least 4 members (excludes halogenated alkanes) is 1.